The predicted molar refractivity (Wildman–Crippen MR) is 55.6 cm³/mol. The molecule has 0 amide bonds. The van der Waals surface area contributed by atoms with Crippen LogP contribution in [0.1, 0.15) is 65.7 Å². The summed E-state index contributed by atoms with van der Waals surface area (Å²) in [5.41, 5.74) is -0.546. The molecule has 0 N–H and O–H groups in total. The van der Waals surface area contributed by atoms with Crippen LogP contribution in [-0.4, -0.2) is 5.67 Å². The van der Waals surface area contributed by atoms with E-state index >= 15 is 0 Å². The van der Waals surface area contributed by atoms with Crippen LogP contribution in [0.2, 0.25) is 0 Å². The van der Waals surface area contributed by atoms with Gasteiger partial charge in [-0.15, -0.1) is 0 Å². The first-order valence-corrected chi connectivity index (χ1v) is 5.66. The van der Waals surface area contributed by atoms with Gasteiger partial charge in [0.05, 0.1) is 0 Å². The average Bonchev–Trinajstić information content (AvgIpc) is 2.66. The summed E-state index contributed by atoms with van der Waals surface area (Å²) in [4.78, 5) is 0. The van der Waals surface area contributed by atoms with Gasteiger partial charge in [0.1, 0.15) is 5.67 Å². The van der Waals surface area contributed by atoms with Gasteiger partial charge in [0.25, 0.3) is 0 Å². The number of hydrogen-bond donors (Lipinski definition) is 0. The van der Waals surface area contributed by atoms with Crippen molar-refractivity contribution in [2.24, 2.45) is 5.41 Å². The van der Waals surface area contributed by atoms with Crippen molar-refractivity contribution in [1.29, 1.82) is 0 Å². The molecule has 13 heavy (non-hydrogen) atoms. The van der Waals surface area contributed by atoms with Crippen LogP contribution < -0.4 is 0 Å². The molecule has 0 aliphatic heterocycles. The molecule has 1 heteroatoms. The van der Waals surface area contributed by atoms with Crippen molar-refractivity contribution in [2.75, 3.05) is 0 Å². The molecule has 1 rings (SSSR count). The third-order valence-electron chi connectivity index (χ3n) is 3.05. The molecule has 1 aliphatic carbocycles. The van der Waals surface area contributed by atoms with Gasteiger partial charge in [-0.2, -0.15) is 0 Å². The lowest BCUT2D eigenvalue weighted by molar-refractivity contribution is 0.176. The van der Waals surface area contributed by atoms with Gasteiger partial charge < -0.3 is 0 Å². The third-order valence-corrected chi connectivity index (χ3v) is 3.05. The van der Waals surface area contributed by atoms with E-state index in [-0.39, 0.29) is 5.41 Å². The predicted octanol–water partition coefficient (Wildman–Crippen LogP) is 4.49. The summed E-state index contributed by atoms with van der Waals surface area (Å²) in [6.45, 7) is 6.63. The van der Waals surface area contributed by atoms with Crippen molar-refractivity contribution < 1.29 is 4.39 Å². The summed E-state index contributed by atoms with van der Waals surface area (Å²) < 4.78 is 13.5. The molecule has 0 radical (unpaired) electrons. The minimum atomic E-state index is -0.768. The Kier molecular flexibility index (Phi) is 3.37. The van der Waals surface area contributed by atoms with Gasteiger partial charge in [0.15, 0.2) is 0 Å². The maximum Gasteiger partial charge on any atom is 0.111 e. The third kappa shape index (κ3) is 4.10. The number of unbranched alkanes of at least 4 members (excludes halogenated alkanes) is 2. The Labute approximate surface area is 81.9 Å². The largest absolute Gasteiger partial charge is 0.244 e. The summed E-state index contributed by atoms with van der Waals surface area (Å²) in [6.07, 6.45) is 7.41. The molecule has 0 heterocycles. The van der Waals surface area contributed by atoms with Crippen molar-refractivity contribution in [3.63, 3.8) is 0 Å². The Hall–Kier alpha value is -0.0700. The Balaban J connectivity index is 2.20. The van der Waals surface area contributed by atoms with Crippen LogP contribution in [0.25, 0.3) is 0 Å². The van der Waals surface area contributed by atoms with Gasteiger partial charge in [-0.3, -0.25) is 0 Å². The lowest BCUT2D eigenvalue weighted by atomic mass is 9.81. The normalized spacial score (nSPS) is 20.3. The molecule has 0 unspecified atom stereocenters. The summed E-state index contributed by atoms with van der Waals surface area (Å²) in [5, 5.41) is 0. The lowest BCUT2D eigenvalue weighted by Crippen LogP contribution is -2.18. The van der Waals surface area contributed by atoms with Gasteiger partial charge in [-0.1, -0.05) is 40.0 Å². The van der Waals surface area contributed by atoms with E-state index in [0.29, 0.717) is 0 Å². The van der Waals surface area contributed by atoms with Crippen molar-refractivity contribution in [2.45, 2.75) is 71.4 Å². The molecule has 0 aromatic heterocycles. The summed E-state index contributed by atoms with van der Waals surface area (Å²) in [6, 6.07) is 0. The summed E-state index contributed by atoms with van der Waals surface area (Å²) in [5.74, 6) is 0. The van der Waals surface area contributed by atoms with Crippen LogP contribution in [0.3, 0.4) is 0 Å². The van der Waals surface area contributed by atoms with E-state index in [4.69, 9.17) is 0 Å². The van der Waals surface area contributed by atoms with Crippen LogP contribution in [0.5, 0.6) is 0 Å². The van der Waals surface area contributed by atoms with E-state index < -0.39 is 5.67 Å². The second-order valence-corrected chi connectivity index (χ2v) is 5.45. The zero-order chi connectivity index (χ0) is 9.95. The molecular weight excluding hydrogens is 163 g/mol. The maximum absolute atomic E-state index is 13.5. The molecule has 1 fully saturated rings. The van der Waals surface area contributed by atoms with Crippen LogP contribution >= 0.6 is 0 Å². The van der Waals surface area contributed by atoms with Crippen LogP contribution in [-0.2, 0) is 0 Å². The zero-order valence-electron chi connectivity index (χ0n) is 9.33. The minimum Gasteiger partial charge on any atom is -0.244 e. The van der Waals surface area contributed by atoms with Crippen LogP contribution in [0.15, 0.2) is 0 Å². The Bertz CT molecular complexity index is 157. The molecule has 0 bridgehead atoms. The van der Waals surface area contributed by atoms with Crippen LogP contribution in [0, 0.1) is 5.41 Å². The van der Waals surface area contributed by atoms with Gasteiger partial charge in [-0.25, -0.2) is 4.39 Å². The van der Waals surface area contributed by atoms with E-state index in [9.17, 15) is 4.39 Å². The second kappa shape index (κ2) is 3.98. The highest BCUT2D eigenvalue weighted by molar-refractivity contribution is 4.97. The minimum absolute atomic E-state index is 0.223. The van der Waals surface area contributed by atoms with Crippen molar-refractivity contribution in [1.82, 2.24) is 0 Å². The van der Waals surface area contributed by atoms with Gasteiger partial charge in [-0.05, 0) is 31.1 Å². The molecule has 0 atom stereocenters. The van der Waals surface area contributed by atoms with E-state index in [1.54, 1.807) is 0 Å². The topological polar surface area (TPSA) is 0 Å². The lowest BCUT2D eigenvalue weighted by Gasteiger charge is -2.26. The zero-order valence-corrected chi connectivity index (χ0v) is 9.33. The maximum atomic E-state index is 13.5. The van der Waals surface area contributed by atoms with Gasteiger partial charge in [0, 0.05) is 0 Å². The first kappa shape index (κ1) is 11.0. The highest BCUT2D eigenvalue weighted by Crippen LogP contribution is 2.49. The highest BCUT2D eigenvalue weighted by Gasteiger charge is 2.46. The van der Waals surface area contributed by atoms with Crippen molar-refractivity contribution >= 4 is 0 Å². The van der Waals surface area contributed by atoms with Gasteiger partial charge in [0.2, 0.25) is 0 Å². The molecule has 1 saturated carbocycles. The van der Waals surface area contributed by atoms with E-state index in [1.807, 2.05) is 0 Å². The summed E-state index contributed by atoms with van der Waals surface area (Å²) in [7, 11) is 0. The summed E-state index contributed by atoms with van der Waals surface area (Å²) >= 11 is 0. The van der Waals surface area contributed by atoms with Crippen molar-refractivity contribution in [3.8, 4) is 0 Å². The fourth-order valence-corrected chi connectivity index (χ4v) is 2.11. The van der Waals surface area contributed by atoms with E-state index in [1.165, 1.54) is 25.7 Å². The van der Waals surface area contributed by atoms with Crippen LogP contribution in [0.4, 0.5) is 4.39 Å². The number of rotatable bonds is 6. The number of halogens is 1. The number of alkyl halides is 1. The van der Waals surface area contributed by atoms with Gasteiger partial charge >= 0.3 is 0 Å². The molecule has 0 aromatic carbocycles. The first-order valence-electron chi connectivity index (χ1n) is 5.66. The second-order valence-electron chi connectivity index (χ2n) is 5.45. The highest BCUT2D eigenvalue weighted by atomic mass is 19.1. The Morgan fingerprint density at radius 1 is 1.23 bits per heavy atom. The monoisotopic (exact) mass is 186 g/mol. The van der Waals surface area contributed by atoms with E-state index in [0.717, 1.165) is 19.3 Å². The fraction of sp³-hybridized carbons (Fsp3) is 1.00. The average molecular weight is 186 g/mol. The Morgan fingerprint density at radius 3 is 2.31 bits per heavy atom. The molecule has 0 nitrogen and oxygen atoms in total. The smallest absolute Gasteiger partial charge is 0.111 e. The quantitative estimate of drug-likeness (QED) is 0.536. The van der Waals surface area contributed by atoms with E-state index in [2.05, 4.69) is 20.8 Å². The molecule has 0 aromatic rings. The molecule has 0 saturated heterocycles. The molecule has 0 spiro atoms. The fourth-order valence-electron chi connectivity index (χ4n) is 2.11. The Morgan fingerprint density at radius 2 is 1.85 bits per heavy atom. The van der Waals surface area contributed by atoms with Crippen molar-refractivity contribution in [3.05, 3.63) is 0 Å². The molecular formula is C12H23F. The number of hydrogen-bond acceptors (Lipinski definition) is 0. The molecule has 78 valence electrons. The standard InChI is InChI=1S/C12H23F/c1-4-5-6-7-11(2,3)10-12(13)8-9-12/h4-10H2,1-3H3. The molecule has 1 aliphatic rings. The SMILES string of the molecule is CCCCCC(C)(C)CC1(F)CC1. The first-order chi connectivity index (χ1) is 5.97.